The maximum absolute atomic E-state index is 11.4. The molecular weight excluding hydrogens is 248 g/mol. The molecule has 1 heterocycles. The van der Waals surface area contributed by atoms with Crippen molar-refractivity contribution in [3.8, 4) is 12.3 Å². The lowest BCUT2D eigenvalue weighted by atomic mass is 10.2. The van der Waals surface area contributed by atoms with Crippen LogP contribution >= 0.6 is 0 Å². The summed E-state index contributed by atoms with van der Waals surface area (Å²) in [4.78, 5) is 26.1. The van der Waals surface area contributed by atoms with E-state index in [-0.39, 0.29) is 6.42 Å². The SMILES string of the molecule is C#CCC(NC(=O)NCCCn1ccnc1)C(=O)O. The van der Waals surface area contributed by atoms with Gasteiger partial charge >= 0.3 is 12.0 Å². The molecule has 1 aromatic rings. The van der Waals surface area contributed by atoms with Crippen molar-refractivity contribution in [3.05, 3.63) is 18.7 Å². The summed E-state index contributed by atoms with van der Waals surface area (Å²) in [6.45, 7) is 1.17. The van der Waals surface area contributed by atoms with Crippen LogP contribution in [0.25, 0.3) is 0 Å². The van der Waals surface area contributed by atoms with E-state index in [0.717, 1.165) is 13.0 Å². The third-order valence-corrected chi connectivity index (χ3v) is 2.36. The van der Waals surface area contributed by atoms with Gasteiger partial charge in [-0.3, -0.25) is 0 Å². The second-order valence-corrected chi connectivity index (χ2v) is 3.85. The van der Waals surface area contributed by atoms with Gasteiger partial charge in [0, 0.05) is 31.9 Å². The molecule has 7 heteroatoms. The summed E-state index contributed by atoms with van der Waals surface area (Å²) in [6.07, 6.45) is 10.9. The van der Waals surface area contributed by atoms with Crippen LogP contribution in [0.3, 0.4) is 0 Å². The number of aryl methyl sites for hydroxylation is 1. The monoisotopic (exact) mass is 264 g/mol. The van der Waals surface area contributed by atoms with E-state index in [2.05, 4.69) is 21.5 Å². The first-order valence-electron chi connectivity index (χ1n) is 5.80. The van der Waals surface area contributed by atoms with Crippen molar-refractivity contribution in [2.45, 2.75) is 25.4 Å². The van der Waals surface area contributed by atoms with Crippen LogP contribution in [0.2, 0.25) is 0 Å². The number of carboxylic acid groups (broad SMARTS) is 1. The van der Waals surface area contributed by atoms with Crippen LogP contribution in [-0.4, -0.2) is 39.2 Å². The van der Waals surface area contributed by atoms with Crippen LogP contribution in [-0.2, 0) is 11.3 Å². The maximum atomic E-state index is 11.4. The van der Waals surface area contributed by atoms with Gasteiger partial charge in [-0.2, -0.15) is 0 Å². The Morgan fingerprint density at radius 3 is 2.89 bits per heavy atom. The smallest absolute Gasteiger partial charge is 0.327 e. The molecule has 7 nitrogen and oxygen atoms in total. The normalized spacial score (nSPS) is 11.3. The Morgan fingerprint density at radius 2 is 2.32 bits per heavy atom. The molecule has 0 saturated carbocycles. The van der Waals surface area contributed by atoms with Crippen LogP contribution in [0.5, 0.6) is 0 Å². The minimum absolute atomic E-state index is 0.0439. The van der Waals surface area contributed by atoms with Gasteiger partial charge in [-0.1, -0.05) is 0 Å². The number of imidazole rings is 1. The molecule has 0 aliphatic heterocycles. The summed E-state index contributed by atoms with van der Waals surface area (Å²) in [5, 5.41) is 13.7. The molecular formula is C12H16N4O3. The number of urea groups is 1. The Kier molecular flexibility index (Phi) is 5.95. The fourth-order valence-electron chi connectivity index (χ4n) is 1.41. The number of nitrogens with zero attached hydrogens (tertiary/aromatic N) is 2. The lowest BCUT2D eigenvalue weighted by Gasteiger charge is -2.12. The number of hydrogen-bond acceptors (Lipinski definition) is 3. The molecule has 0 radical (unpaired) electrons. The summed E-state index contributed by atoms with van der Waals surface area (Å²) in [6, 6.07) is -1.59. The highest BCUT2D eigenvalue weighted by Crippen LogP contribution is 1.91. The molecule has 0 fully saturated rings. The van der Waals surface area contributed by atoms with Gasteiger partial charge in [-0.25, -0.2) is 14.6 Å². The minimum atomic E-state index is -1.15. The van der Waals surface area contributed by atoms with Crippen molar-refractivity contribution >= 4 is 12.0 Å². The zero-order chi connectivity index (χ0) is 14.1. The van der Waals surface area contributed by atoms with Gasteiger partial charge in [0.2, 0.25) is 0 Å². The number of rotatable bonds is 7. The Morgan fingerprint density at radius 1 is 1.53 bits per heavy atom. The van der Waals surface area contributed by atoms with Crippen LogP contribution < -0.4 is 10.6 Å². The van der Waals surface area contributed by atoms with Gasteiger partial charge in [-0.15, -0.1) is 12.3 Å². The van der Waals surface area contributed by atoms with Crippen molar-refractivity contribution in [3.63, 3.8) is 0 Å². The number of carbonyl (C=O) groups is 2. The Balaban J connectivity index is 2.20. The summed E-state index contributed by atoms with van der Waals surface area (Å²) < 4.78 is 1.89. The standard InChI is InChI=1S/C12H16N4O3/c1-2-4-10(11(17)18)15-12(19)14-5-3-7-16-8-6-13-9-16/h1,6,8-10H,3-5,7H2,(H,17,18)(H2,14,15,19). The van der Waals surface area contributed by atoms with Gasteiger partial charge in [0.05, 0.1) is 6.33 Å². The number of nitrogens with one attached hydrogen (secondary N) is 2. The van der Waals surface area contributed by atoms with Gasteiger partial charge in [-0.05, 0) is 6.42 Å². The minimum Gasteiger partial charge on any atom is -0.480 e. The number of aliphatic carboxylic acids is 1. The highest BCUT2D eigenvalue weighted by Gasteiger charge is 2.18. The number of terminal acetylenes is 1. The zero-order valence-corrected chi connectivity index (χ0v) is 10.4. The van der Waals surface area contributed by atoms with E-state index in [1.807, 2.05) is 10.8 Å². The predicted octanol–water partition coefficient (Wildman–Crippen LogP) is 0.0489. The van der Waals surface area contributed by atoms with Crippen LogP contribution in [0, 0.1) is 12.3 Å². The zero-order valence-electron chi connectivity index (χ0n) is 10.4. The third kappa shape index (κ3) is 5.59. The summed E-state index contributed by atoms with van der Waals surface area (Å²) in [5.74, 6) is 1.06. The average molecular weight is 264 g/mol. The second-order valence-electron chi connectivity index (χ2n) is 3.85. The van der Waals surface area contributed by atoms with Gasteiger partial charge in [0.15, 0.2) is 0 Å². The number of carbonyl (C=O) groups excluding carboxylic acids is 1. The molecule has 1 rings (SSSR count). The first-order chi connectivity index (χ1) is 9.13. The molecule has 0 aliphatic rings. The molecule has 1 unspecified atom stereocenters. The van der Waals surface area contributed by atoms with Crippen molar-refractivity contribution in [2.75, 3.05) is 6.54 Å². The largest absolute Gasteiger partial charge is 0.480 e. The summed E-state index contributed by atoms with van der Waals surface area (Å²) >= 11 is 0. The molecule has 0 aliphatic carbocycles. The fraction of sp³-hybridized carbons (Fsp3) is 0.417. The van der Waals surface area contributed by atoms with E-state index in [4.69, 9.17) is 11.5 Å². The van der Waals surface area contributed by atoms with E-state index in [1.54, 1.807) is 12.5 Å². The molecule has 1 aromatic heterocycles. The highest BCUT2D eigenvalue weighted by atomic mass is 16.4. The lowest BCUT2D eigenvalue weighted by molar-refractivity contribution is -0.139. The summed E-state index contributed by atoms with van der Waals surface area (Å²) in [7, 11) is 0. The van der Waals surface area contributed by atoms with E-state index in [9.17, 15) is 9.59 Å². The van der Waals surface area contributed by atoms with Crippen LogP contribution in [0.1, 0.15) is 12.8 Å². The number of carboxylic acids is 1. The number of hydrogen-bond donors (Lipinski definition) is 3. The van der Waals surface area contributed by atoms with Gasteiger partial charge in [0.25, 0.3) is 0 Å². The van der Waals surface area contributed by atoms with Crippen molar-refractivity contribution < 1.29 is 14.7 Å². The van der Waals surface area contributed by atoms with Crippen molar-refractivity contribution in [1.82, 2.24) is 20.2 Å². The Bertz CT molecular complexity index is 450. The quantitative estimate of drug-likeness (QED) is 0.479. The predicted molar refractivity (Wildman–Crippen MR) is 68.3 cm³/mol. The van der Waals surface area contributed by atoms with E-state index in [1.165, 1.54) is 0 Å². The molecule has 3 N–H and O–H groups in total. The number of aromatic nitrogens is 2. The number of amides is 2. The molecule has 102 valence electrons. The Labute approximate surface area is 111 Å². The maximum Gasteiger partial charge on any atom is 0.327 e. The first kappa shape index (κ1) is 14.6. The van der Waals surface area contributed by atoms with Crippen LogP contribution in [0.15, 0.2) is 18.7 Å². The molecule has 0 spiro atoms. The third-order valence-electron chi connectivity index (χ3n) is 2.36. The van der Waals surface area contributed by atoms with Crippen molar-refractivity contribution in [2.24, 2.45) is 0 Å². The lowest BCUT2D eigenvalue weighted by Crippen LogP contribution is -2.46. The average Bonchev–Trinajstić information content (AvgIpc) is 2.87. The van der Waals surface area contributed by atoms with E-state index < -0.39 is 18.0 Å². The van der Waals surface area contributed by atoms with Crippen LogP contribution in [0.4, 0.5) is 4.79 Å². The molecule has 1 atom stereocenters. The molecule has 2 amide bonds. The van der Waals surface area contributed by atoms with Gasteiger partial charge < -0.3 is 20.3 Å². The topological polar surface area (TPSA) is 96.3 Å². The fourth-order valence-corrected chi connectivity index (χ4v) is 1.41. The summed E-state index contributed by atoms with van der Waals surface area (Å²) in [5.41, 5.74) is 0. The second kappa shape index (κ2) is 7.76. The molecule has 0 bridgehead atoms. The first-order valence-corrected chi connectivity index (χ1v) is 5.80. The Hall–Kier alpha value is -2.49. The molecule has 0 aromatic carbocycles. The van der Waals surface area contributed by atoms with Crippen molar-refractivity contribution in [1.29, 1.82) is 0 Å². The van der Waals surface area contributed by atoms with E-state index in [0.29, 0.717) is 6.54 Å². The molecule has 0 saturated heterocycles. The van der Waals surface area contributed by atoms with Gasteiger partial charge in [0.1, 0.15) is 6.04 Å². The molecule has 19 heavy (non-hydrogen) atoms. The van der Waals surface area contributed by atoms with E-state index >= 15 is 0 Å². The highest BCUT2D eigenvalue weighted by molar-refractivity contribution is 5.82.